The smallest absolute Gasteiger partial charge is 0.305 e. The minimum absolute atomic E-state index is 0.0203. The maximum Gasteiger partial charge on any atom is 0.305 e. The molecular formula is C48H93NO5. The van der Waals surface area contributed by atoms with E-state index in [0.717, 1.165) is 77.0 Å². The zero-order valence-corrected chi connectivity index (χ0v) is 36.2. The predicted molar refractivity (Wildman–Crippen MR) is 232 cm³/mol. The van der Waals surface area contributed by atoms with Crippen molar-refractivity contribution >= 4 is 11.9 Å². The van der Waals surface area contributed by atoms with Crippen LogP contribution in [0.1, 0.15) is 258 Å². The average molecular weight is 764 g/mol. The summed E-state index contributed by atoms with van der Waals surface area (Å²) in [7, 11) is 0. The van der Waals surface area contributed by atoms with E-state index in [1.54, 1.807) is 0 Å². The summed E-state index contributed by atoms with van der Waals surface area (Å²) in [5.74, 6) is -0.0827. The molecule has 0 radical (unpaired) electrons. The Morgan fingerprint density at radius 1 is 0.500 bits per heavy atom. The van der Waals surface area contributed by atoms with E-state index < -0.39 is 12.1 Å². The quantitative estimate of drug-likeness (QED) is 0.0326. The minimum Gasteiger partial charge on any atom is -0.466 e. The van der Waals surface area contributed by atoms with Crippen molar-refractivity contribution in [2.24, 2.45) is 0 Å². The fourth-order valence-electron chi connectivity index (χ4n) is 7.34. The SMILES string of the molecule is CCCCCCCCCCCCCCCCCC(=O)OCCCCC/C=C\CCCCCCCC(=O)NC(CO)C(O)CCCCCCCCCCCC. The number of carbonyl (C=O) groups excluding carboxylic acids is 2. The molecule has 1 amide bonds. The molecule has 2 atom stereocenters. The van der Waals surface area contributed by atoms with E-state index in [4.69, 9.17) is 4.74 Å². The van der Waals surface area contributed by atoms with Crippen molar-refractivity contribution in [2.75, 3.05) is 13.2 Å². The second kappa shape index (κ2) is 44.3. The first-order valence-corrected chi connectivity index (χ1v) is 23.9. The highest BCUT2D eigenvalue weighted by molar-refractivity contribution is 5.76. The molecular weight excluding hydrogens is 671 g/mol. The number of unbranched alkanes of at least 4 members (excludes halogenated alkanes) is 31. The van der Waals surface area contributed by atoms with E-state index >= 15 is 0 Å². The highest BCUT2D eigenvalue weighted by Gasteiger charge is 2.20. The van der Waals surface area contributed by atoms with Gasteiger partial charge in [-0.2, -0.15) is 0 Å². The van der Waals surface area contributed by atoms with Gasteiger partial charge in [-0.3, -0.25) is 9.59 Å². The number of aliphatic hydroxyl groups excluding tert-OH is 2. The molecule has 54 heavy (non-hydrogen) atoms. The molecule has 6 heteroatoms. The molecule has 320 valence electrons. The number of esters is 1. The highest BCUT2D eigenvalue weighted by atomic mass is 16.5. The fraction of sp³-hybridized carbons (Fsp3) is 0.917. The number of carbonyl (C=O) groups is 2. The third kappa shape index (κ3) is 40.3. The molecule has 0 saturated carbocycles. The summed E-state index contributed by atoms with van der Waals surface area (Å²) >= 11 is 0. The number of nitrogens with one attached hydrogen (secondary N) is 1. The Balaban J connectivity index is 3.48. The largest absolute Gasteiger partial charge is 0.466 e. The van der Waals surface area contributed by atoms with E-state index in [1.807, 2.05) is 0 Å². The van der Waals surface area contributed by atoms with Crippen LogP contribution in [-0.4, -0.2) is 47.4 Å². The molecule has 0 spiro atoms. The van der Waals surface area contributed by atoms with Crippen LogP contribution in [0.4, 0.5) is 0 Å². The van der Waals surface area contributed by atoms with Gasteiger partial charge in [-0.1, -0.05) is 199 Å². The molecule has 6 nitrogen and oxygen atoms in total. The van der Waals surface area contributed by atoms with Crippen LogP contribution >= 0.6 is 0 Å². The van der Waals surface area contributed by atoms with Crippen molar-refractivity contribution in [2.45, 2.75) is 270 Å². The van der Waals surface area contributed by atoms with Crippen LogP contribution < -0.4 is 5.32 Å². The summed E-state index contributed by atoms with van der Waals surface area (Å²) in [6.45, 7) is 4.88. The van der Waals surface area contributed by atoms with Crippen LogP contribution in [-0.2, 0) is 14.3 Å². The number of aliphatic hydroxyl groups is 2. The van der Waals surface area contributed by atoms with E-state index in [2.05, 4.69) is 31.3 Å². The third-order valence-electron chi connectivity index (χ3n) is 11.1. The molecule has 0 rings (SSSR count). The lowest BCUT2D eigenvalue weighted by molar-refractivity contribution is -0.143. The Hall–Kier alpha value is -1.40. The van der Waals surface area contributed by atoms with Crippen molar-refractivity contribution in [1.29, 1.82) is 0 Å². The molecule has 0 aliphatic rings. The van der Waals surface area contributed by atoms with Gasteiger partial charge < -0.3 is 20.3 Å². The fourth-order valence-corrected chi connectivity index (χ4v) is 7.34. The first-order valence-electron chi connectivity index (χ1n) is 23.9. The molecule has 0 aliphatic carbocycles. The summed E-state index contributed by atoms with van der Waals surface area (Å²) in [5, 5.41) is 23.0. The Morgan fingerprint density at radius 2 is 0.870 bits per heavy atom. The molecule has 0 heterocycles. The molecule has 0 aliphatic heterocycles. The zero-order valence-electron chi connectivity index (χ0n) is 36.2. The van der Waals surface area contributed by atoms with E-state index in [1.165, 1.54) is 148 Å². The summed E-state index contributed by atoms with van der Waals surface area (Å²) in [6.07, 6.45) is 48.9. The average Bonchev–Trinajstić information content (AvgIpc) is 3.17. The monoisotopic (exact) mass is 764 g/mol. The molecule has 0 aromatic heterocycles. The Morgan fingerprint density at radius 3 is 1.31 bits per heavy atom. The number of ether oxygens (including phenoxy) is 1. The molecule has 0 aromatic rings. The number of hydrogen-bond donors (Lipinski definition) is 3. The Bertz CT molecular complexity index is 802. The van der Waals surface area contributed by atoms with Crippen LogP contribution in [0.15, 0.2) is 12.2 Å². The molecule has 0 bridgehead atoms. The zero-order chi connectivity index (χ0) is 39.4. The first kappa shape index (κ1) is 52.6. The van der Waals surface area contributed by atoms with Gasteiger partial charge in [0.25, 0.3) is 0 Å². The van der Waals surface area contributed by atoms with Crippen LogP contribution in [0.2, 0.25) is 0 Å². The van der Waals surface area contributed by atoms with E-state index in [9.17, 15) is 19.8 Å². The van der Waals surface area contributed by atoms with E-state index in [-0.39, 0.29) is 18.5 Å². The van der Waals surface area contributed by atoms with Crippen LogP contribution in [0.25, 0.3) is 0 Å². The summed E-state index contributed by atoms with van der Waals surface area (Å²) in [6, 6.07) is -0.557. The van der Waals surface area contributed by atoms with Crippen molar-refractivity contribution in [1.82, 2.24) is 5.32 Å². The molecule has 2 unspecified atom stereocenters. The molecule has 0 fully saturated rings. The van der Waals surface area contributed by atoms with Crippen molar-refractivity contribution in [3.63, 3.8) is 0 Å². The van der Waals surface area contributed by atoms with Crippen molar-refractivity contribution < 1.29 is 24.5 Å². The molecule has 0 aromatic carbocycles. The van der Waals surface area contributed by atoms with Gasteiger partial charge in [-0.25, -0.2) is 0 Å². The number of hydrogen-bond acceptors (Lipinski definition) is 5. The second-order valence-corrected chi connectivity index (χ2v) is 16.4. The summed E-state index contributed by atoms with van der Waals surface area (Å²) in [4.78, 5) is 24.4. The van der Waals surface area contributed by atoms with Gasteiger partial charge >= 0.3 is 5.97 Å². The second-order valence-electron chi connectivity index (χ2n) is 16.4. The number of rotatable bonds is 44. The first-order chi connectivity index (χ1) is 26.5. The Labute approximate surface area is 336 Å². The summed E-state index contributed by atoms with van der Waals surface area (Å²) < 4.78 is 5.44. The standard InChI is InChI=1S/C48H93NO5/c1-3-5-7-9-11-13-15-16-17-18-22-26-30-34-38-42-48(53)54-43-39-35-31-27-23-20-19-21-25-29-33-37-41-47(52)49-45(44-50)46(51)40-36-32-28-24-14-12-10-8-6-4-2/h20,23,45-46,50-51H,3-19,21-22,24-44H2,1-2H3,(H,49,52)/b23-20-. The molecule has 3 N–H and O–H groups in total. The van der Waals surface area contributed by atoms with Gasteiger partial charge in [0, 0.05) is 12.8 Å². The van der Waals surface area contributed by atoms with Crippen LogP contribution in [0.5, 0.6) is 0 Å². The van der Waals surface area contributed by atoms with Gasteiger partial charge in [0.05, 0.1) is 25.4 Å². The van der Waals surface area contributed by atoms with Crippen LogP contribution in [0.3, 0.4) is 0 Å². The molecule has 0 saturated heterocycles. The van der Waals surface area contributed by atoms with Crippen molar-refractivity contribution in [3.05, 3.63) is 12.2 Å². The number of allylic oxidation sites excluding steroid dienone is 2. The van der Waals surface area contributed by atoms with Gasteiger partial charge in [-0.05, 0) is 57.8 Å². The predicted octanol–water partition coefficient (Wildman–Crippen LogP) is 13.8. The maximum absolute atomic E-state index is 12.4. The number of amides is 1. The van der Waals surface area contributed by atoms with Gasteiger partial charge in [0.15, 0.2) is 0 Å². The van der Waals surface area contributed by atoms with Gasteiger partial charge in [0.1, 0.15) is 0 Å². The topological polar surface area (TPSA) is 95.9 Å². The van der Waals surface area contributed by atoms with Gasteiger partial charge in [0.2, 0.25) is 5.91 Å². The van der Waals surface area contributed by atoms with E-state index in [0.29, 0.717) is 25.9 Å². The van der Waals surface area contributed by atoms with Crippen LogP contribution in [0, 0.1) is 0 Å². The lowest BCUT2D eigenvalue weighted by atomic mass is 10.0. The highest BCUT2D eigenvalue weighted by Crippen LogP contribution is 2.16. The lowest BCUT2D eigenvalue weighted by Gasteiger charge is -2.22. The lowest BCUT2D eigenvalue weighted by Crippen LogP contribution is -2.45. The minimum atomic E-state index is -0.677. The van der Waals surface area contributed by atoms with Gasteiger partial charge in [-0.15, -0.1) is 0 Å². The third-order valence-corrected chi connectivity index (χ3v) is 11.1. The summed E-state index contributed by atoms with van der Waals surface area (Å²) in [5.41, 5.74) is 0. The Kier molecular flexibility index (Phi) is 43.2. The van der Waals surface area contributed by atoms with Crippen molar-refractivity contribution in [3.8, 4) is 0 Å². The normalized spacial score (nSPS) is 12.7. The maximum atomic E-state index is 12.4.